The van der Waals surface area contributed by atoms with Crippen LogP contribution in [0.2, 0.25) is 0 Å². The van der Waals surface area contributed by atoms with Crippen LogP contribution in [0.5, 0.6) is 5.75 Å². The average molecular weight is 246 g/mol. The number of epoxide rings is 1. The summed E-state index contributed by atoms with van der Waals surface area (Å²) in [6, 6.07) is 5.59. The fourth-order valence-electron chi connectivity index (χ4n) is 2.07. The van der Waals surface area contributed by atoms with Gasteiger partial charge in [-0.3, -0.25) is 4.79 Å². The predicted molar refractivity (Wildman–Crippen MR) is 66.2 cm³/mol. The summed E-state index contributed by atoms with van der Waals surface area (Å²) in [5.74, 6) is 1.08. The molecule has 0 N–H and O–H groups in total. The molecule has 0 unspecified atom stereocenters. The van der Waals surface area contributed by atoms with Crippen molar-refractivity contribution in [2.24, 2.45) is 0 Å². The molecule has 1 saturated heterocycles. The molecule has 0 bridgehead atoms. The van der Waals surface area contributed by atoms with Crippen LogP contribution in [0.25, 0.3) is 11.0 Å². The smallest absolute Gasteiger partial charge is 0.195 e. The summed E-state index contributed by atoms with van der Waals surface area (Å²) in [5, 5.41) is 0.878. The molecule has 94 valence electrons. The van der Waals surface area contributed by atoms with Crippen molar-refractivity contribution in [3.8, 4) is 5.75 Å². The second-order valence-electron chi connectivity index (χ2n) is 4.51. The van der Waals surface area contributed by atoms with Gasteiger partial charge in [0.1, 0.15) is 24.0 Å². The van der Waals surface area contributed by atoms with Crippen molar-refractivity contribution >= 4 is 16.8 Å². The van der Waals surface area contributed by atoms with Crippen LogP contribution in [0.3, 0.4) is 0 Å². The largest absolute Gasteiger partial charge is 0.490 e. The van der Waals surface area contributed by atoms with Gasteiger partial charge in [-0.15, -0.1) is 0 Å². The number of furan rings is 1. The summed E-state index contributed by atoms with van der Waals surface area (Å²) in [7, 11) is 0. The third kappa shape index (κ3) is 1.88. The van der Waals surface area contributed by atoms with Gasteiger partial charge < -0.3 is 13.9 Å². The van der Waals surface area contributed by atoms with Crippen molar-refractivity contribution in [3.63, 3.8) is 0 Å². The Labute approximate surface area is 104 Å². The van der Waals surface area contributed by atoms with Gasteiger partial charge in [0.15, 0.2) is 11.5 Å². The van der Waals surface area contributed by atoms with Gasteiger partial charge in [0, 0.05) is 12.5 Å². The molecule has 0 saturated carbocycles. The van der Waals surface area contributed by atoms with Crippen molar-refractivity contribution in [1.82, 2.24) is 0 Å². The topological polar surface area (TPSA) is 52.0 Å². The first-order valence-electron chi connectivity index (χ1n) is 5.94. The van der Waals surface area contributed by atoms with Gasteiger partial charge in [0.05, 0.1) is 12.0 Å². The number of hydrogen-bond acceptors (Lipinski definition) is 4. The third-order valence-corrected chi connectivity index (χ3v) is 3.06. The van der Waals surface area contributed by atoms with E-state index < -0.39 is 0 Å². The first kappa shape index (κ1) is 11.3. The zero-order chi connectivity index (χ0) is 12.7. The van der Waals surface area contributed by atoms with Crippen LogP contribution in [-0.2, 0) is 4.74 Å². The van der Waals surface area contributed by atoms with E-state index in [1.807, 2.05) is 25.1 Å². The Kier molecular flexibility index (Phi) is 2.59. The second kappa shape index (κ2) is 4.14. The van der Waals surface area contributed by atoms with E-state index in [0.717, 1.165) is 23.3 Å². The van der Waals surface area contributed by atoms with E-state index in [4.69, 9.17) is 13.9 Å². The fourth-order valence-corrected chi connectivity index (χ4v) is 2.07. The van der Waals surface area contributed by atoms with Crippen LogP contribution >= 0.6 is 0 Å². The molecule has 1 aromatic carbocycles. The molecule has 1 aliphatic heterocycles. The Morgan fingerprint density at radius 2 is 2.28 bits per heavy atom. The Balaban J connectivity index is 2.04. The van der Waals surface area contributed by atoms with Crippen LogP contribution in [-0.4, -0.2) is 25.1 Å². The minimum atomic E-state index is -0.0693. The Bertz CT molecular complexity index is 608. The molecule has 0 radical (unpaired) electrons. The number of aryl methyl sites for hydroxylation is 1. The number of ketones is 1. The summed E-state index contributed by atoms with van der Waals surface area (Å²) in [4.78, 5) is 11.5. The predicted octanol–water partition coefficient (Wildman–Crippen LogP) is 2.72. The maximum absolute atomic E-state index is 11.5. The highest BCUT2D eigenvalue weighted by atomic mass is 16.6. The number of benzene rings is 1. The first-order chi connectivity index (χ1) is 8.66. The van der Waals surface area contributed by atoms with E-state index in [-0.39, 0.29) is 11.9 Å². The summed E-state index contributed by atoms with van der Waals surface area (Å²) >= 11 is 0. The highest BCUT2D eigenvalue weighted by Gasteiger charge is 2.24. The lowest BCUT2D eigenvalue weighted by Gasteiger charge is -2.05. The Morgan fingerprint density at radius 1 is 1.50 bits per heavy atom. The van der Waals surface area contributed by atoms with Crippen LogP contribution < -0.4 is 4.74 Å². The maximum Gasteiger partial charge on any atom is 0.195 e. The summed E-state index contributed by atoms with van der Waals surface area (Å²) in [6.45, 7) is 4.69. The molecule has 4 nitrogen and oxygen atoms in total. The number of hydrogen-bond donors (Lipinski definition) is 0. The summed E-state index contributed by atoms with van der Waals surface area (Å²) in [6.07, 6.45) is 0.208. The van der Waals surface area contributed by atoms with Crippen LogP contribution in [0.15, 0.2) is 22.6 Å². The van der Waals surface area contributed by atoms with Gasteiger partial charge in [-0.25, -0.2) is 0 Å². The van der Waals surface area contributed by atoms with E-state index >= 15 is 0 Å². The molecule has 1 atom stereocenters. The number of carbonyl (C=O) groups is 1. The molecule has 1 aromatic heterocycles. The van der Waals surface area contributed by atoms with E-state index in [9.17, 15) is 4.79 Å². The summed E-state index contributed by atoms with van der Waals surface area (Å²) < 4.78 is 16.4. The third-order valence-electron chi connectivity index (χ3n) is 3.06. The number of rotatable bonds is 4. The fraction of sp³-hybridized carbons (Fsp3) is 0.357. The first-order valence-corrected chi connectivity index (χ1v) is 5.94. The molecule has 2 heterocycles. The molecule has 0 amide bonds. The van der Waals surface area contributed by atoms with Gasteiger partial charge in [0.25, 0.3) is 0 Å². The minimum Gasteiger partial charge on any atom is -0.490 e. The molecule has 0 aliphatic carbocycles. The van der Waals surface area contributed by atoms with Crippen molar-refractivity contribution in [2.45, 2.75) is 20.0 Å². The quantitative estimate of drug-likeness (QED) is 0.614. The zero-order valence-electron chi connectivity index (χ0n) is 10.4. The number of Topliss-reactive ketones (excluding diaryl/α,β-unsaturated/α-hetero) is 1. The number of fused-ring (bicyclic) bond motifs is 1. The SMILES string of the molecule is CC(=O)c1oc2cccc(OC[C@@H]3CO3)c2c1C. The highest BCUT2D eigenvalue weighted by Crippen LogP contribution is 2.33. The van der Waals surface area contributed by atoms with E-state index in [2.05, 4.69) is 0 Å². The van der Waals surface area contributed by atoms with Gasteiger partial charge in [0.2, 0.25) is 0 Å². The van der Waals surface area contributed by atoms with Crippen molar-refractivity contribution in [3.05, 3.63) is 29.5 Å². The standard InChI is InChI=1S/C14H14O4/c1-8-13-11(17-7-10-6-16-10)4-3-5-12(13)18-14(8)9(2)15/h3-5,10H,6-7H2,1-2H3/t10-/m0/s1. The van der Waals surface area contributed by atoms with Gasteiger partial charge >= 0.3 is 0 Å². The normalized spacial score (nSPS) is 18.0. The molecule has 4 heteroatoms. The minimum absolute atomic E-state index is 0.0693. The molecule has 1 fully saturated rings. The van der Waals surface area contributed by atoms with Crippen LogP contribution in [0.1, 0.15) is 23.0 Å². The monoisotopic (exact) mass is 246 g/mol. The van der Waals surface area contributed by atoms with Crippen molar-refractivity contribution in [2.75, 3.05) is 13.2 Å². The lowest BCUT2D eigenvalue weighted by molar-refractivity contribution is 0.0988. The molecular weight excluding hydrogens is 232 g/mol. The molecule has 3 rings (SSSR count). The molecule has 1 aliphatic rings. The summed E-state index contributed by atoms with van der Waals surface area (Å²) in [5.41, 5.74) is 1.52. The molecule has 2 aromatic rings. The second-order valence-corrected chi connectivity index (χ2v) is 4.51. The number of ether oxygens (including phenoxy) is 2. The number of carbonyl (C=O) groups excluding carboxylic acids is 1. The van der Waals surface area contributed by atoms with Crippen molar-refractivity contribution in [1.29, 1.82) is 0 Å². The van der Waals surface area contributed by atoms with Gasteiger partial charge in [-0.2, -0.15) is 0 Å². The maximum atomic E-state index is 11.5. The van der Waals surface area contributed by atoms with Crippen molar-refractivity contribution < 1.29 is 18.7 Å². The lowest BCUT2D eigenvalue weighted by Crippen LogP contribution is -2.04. The lowest BCUT2D eigenvalue weighted by atomic mass is 10.1. The molecule has 18 heavy (non-hydrogen) atoms. The van der Waals surface area contributed by atoms with E-state index in [1.165, 1.54) is 6.92 Å². The average Bonchev–Trinajstić information content (AvgIpc) is 3.10. The Hall–Kier alpha value is -1.81. The zero-order valence-corrected chi connectivity index (χ0v) is 10.4. The Morgan fingerprint density at radius 3 is 2.94 bits per heavy atom. The molecule has 0 spiro atoms. The van der Waals surface area contributed by atoms with Crippen LogP contribution in [0.4, 0.5) is 0 Å². The van der Waals surface area contributed by atoms with Gasteiger partial charge in [-0.1, -0.05) is 6.07 Å². The van der Waals surface area contributed by atoms with E-state index in [0.29, 0.717) is 18.0 Å². The molecular formula is C14H14O4. The highest BCUT2D eigenvalue weighted by molar-refractivity contribution is 6.00. The van der Waals surface area contributed by atoms with E-state index in [1.54, 1.807) is 0 Å². The van der Waals surface area contributed by atoms with Crippen LogP contribution in [0, 0.1) is 6.92 Å². The van der Waals surface area contributed by atoms with Gasteiger partial charge in [-0.05, 0) is 19.1 Å².